The first-order valence-electron chi connectivity index (χ1n) is 7.82. The first-order valence-corrected chi connectivity index (χ1v) is 7.82. The zero-order valence-corrected chi connectivity index (χ0v) is 14.3. The van der Waals surface area contributed by atoms with Gasteiger partial charge < -0.3 is 5.32 Å². The molecule has 3 aromatic rings. The van der Waals surface area contributed by atoms with E-state index in [4.69, 9.17) is 0 Å². The Labute approximate surface area is 141 Å². The van der Waals surface area contributed by atoms with Crippen molar-refractivity contribution in [1.82, 2.24) is 14.8 Å². The van der Waals surface area contributed by atoms with Gasteiger partial charge in [0.05, 0.1) is 23.3 Å². The van der Waals surface area contributed by atoms with Crippen LogP contribution in [-0.4, -0.2) is 20.7 Å². The molecule has 0 aliphatic rings. The lowest BCUT2D eigenvalue weighted by atomic mass is 10.1. The molecule has 0 spiro atoms. The summed E-state index contributed by atoms with van der Waals surface area (Å²) in [5.74, 6) is -0.143. The van der Waals surface area contributed by atoms with E-state index in [1.807, 2.05) is 52.1 Å². The fourth-order valence-corrected chi connectivity index (χ4v) is 2.72. The number of carbonyl (C=O) groups excluding carboxylic acids is 1. The number of rotatable bonds is 3. The summed E-state index contributed by atoms with van der Waals surface area (Å²) < 4.78 is 1.79. The van der Waals surface area contributed by atoms with Gasteiger partial charge in [0.25, 0.3) is 5.91 Å². The number of amides is 1. The van der Waals surface area contributed by atoms with Gasteiger partial charge in [-0.2, -0.15) is 5.10 Å². The van der Waals surface area contributed by atoms with Gasteiger partial charge in [-0.3, -0.25) is 9.78 Å². The number of hydrogen-bond acceptors (Lipinski definition) is 3. The number of carbonyl (C=O) groups is 1. The Morgan fingerprint density at radius 2 is 1.79 bits per heavy atom. The molecule has 0 unspecified atom stereocenters. The Bertz CT molecular complexity index is 871. The van der Waals surface area contributed by atoms with E-state index in [0.29, 0.717) is 5.56 Å². The average molecular weight is 320 g/mol. The van der Waals surface area contributed by atoms with Crippen LogP contribution in [0.1, 0.15) is 32.9 Å². The molecule has 0 atom stereocenters. The van der Waals surface area contributed by atoms with Gasteiger partial charge in [0.15, 0.2) is 0 Å². The highest BCUT2D eigenvalue weighted by molar-refractivity contribution is 6.05. The van der Waals surface area contributed by atoms with Gasteiger partial charge in [0, 0.05) is 17.5 Å². The summed E-state index contributed by atoms with van der Waals surface area (Å²) in [5.41, 5.74) is 6.17. The van der Waals surface area contributed by atoms with E-state index in [1.54, 1.807) is 23.0 Å². The molecule has 1 aromatic carbocycles. The topological polar surface area (TPSA) is 59.8 Å². The second kappa shape index (κ2) is 6.28. The van der Waals surface area contributed by atoms with Crippen molar-refractivity contribution in [3.63, 3.8) is 0 Å². The third-order valence-electron chi connectivity index (χ3n) is 3.87. The van der Waals surface area contributed by atoms with E-state index in [9.17, 15) is 4.79 Å². The van der Waals surface area contributed by atoms with Crippen LogP contribution in [-0.2, 0) is 0 Å². The minimum Gasteiger partial charge on any atom is -0.320 e. The van der Waals surface area contributed by atoms with Gasteiger partial charge in [-0.1, -0.05) is 0 Å². The largest absolute Gasteiger partial charge is 0.320 e. The molecule has 0 fully saturated rings. The molecule has 0 aliphatic carbocycles. The summed E-state index contributed by atoms with van der Waals surface area (Å²) in [6.07, 6.45) is 3.75. The maximum absolute atomic E-state index is 12.5. The maximum Gasteiger partial charge on any atom is 0.255 e. The van der Waals surface area contributed by atoms with Crippen molar-refractivity contribution in [1.29, 1.82) is 0 Å². The molecule has 5 heteroatoms. The molecule has 0 radical (unpaired) electrons. The number of nitrogens with one attached hydrogen (secondary N) is 1. The van der Waals surface area contributed by atoms with Crippen LogP contribution in [0.3, 0.4) is 0 Å². The highest BCUT2D eigenvalue weighted by atomic mass is 16.1. The van der Waals surface area contributed by atoms with Crippen LogP contribution >= 0.6 is 0 Å². The molecule has 0 aliphatic heterocycles. The molecular formula is C19H20N4O. The summed E-state index contributed by atoms with van der Waals surface area (Å²) in [6.45, 7) is 7.81. The number of aryl methyl sites for hydroxylation is 4. The fourth-order valence-electron chi connectivity index (χ4n) is 2.72. The molecule has 3 rings (SSSR count). The van der Waals surface area contributed by atoms with Crippen LogP contribution < -0.4 is 5.32 Å². The third-order valence-corrected chi connectivity index (χ3v) is 3.87. The molecule has 2 aromatic heterocycles. The van der Waals surface area contributed by atoms with E-state index in [2.05, 4.69) is 15.4 Å². The predicted molar refractivity (Wildman–Crippen MR) is 94.7 cm³/mol. The van der Waals surface area contributed by atoms with Crippen molar-refractivity contribution in [2.24, 2.45) is 0 Å². The van der Waals surface area contributed by atoms with E-state index in [1.165, 1.54) is 0 Å². The summed E-state index contributed by atoms with van der Waals surface area (Å²) in [5, 5.41) is 7.23. The number of pyridine rings is 1. The Morgan fingerprint density at radius 1 is 1.08 bits per heavy atom. The highest BCUT2D eigenvalue weighted by Gasteiger charge is 2.11. The lowest BCUT2D eigenvalue weighted by molar-refractivity contribution is 0.102. The van der Waals surface area contributed by atoms with Crippen molar-refractivity contribution >= 4 is 11.6 Å². The number of benzene rings is 1. The summed E-state index contributed by atoms with van der Waals surface area (Å²) in [4.78, 5) is 16.9. The van der Waals surface area contributed by atoms with Crippen molar-refractivity contribution in [3.8, 4) is 5.69 Å². The monoisotopic (exact) mass is 320 g/mol. The summed E-state index contributed by atoms with van der Waals surface area (Å²) in [6, 6.07) is 9.33. The summed E-state index contributed by atoms with van der Waals surface area (Å²) >= 11 is 0. The number of anilines is 1. The molecule has 1 N–H and O–H groups in total. The Morgan fingerprint density at radius 3 is 2.38 bits per heavy atom. The smallest absolute Gasteiger partial charge is 0.255 e. The third kappa shape index (κ3) is 3.20. The zero-order chi connectivity index (χ0) is 17.3. The minimum absolute atomic E-state index is 0.143. The van der Waals surface area contributed by atoms with Crippen LogP contribution in [0.15, 0.2) is 42.7 Å². The van der Waals surface area contributed by atoms with Crippen LogP contribution in [0.5, 0.6) is 0 Å². The minimum atomic E-state index is -0.143. The highest BCUT2D eigenvalue weighted by Crippen LogP contribution is 2.20. The van der Waals surface area contributed by atoms with E-state index in [0.717, 1.165) is 33.9 Å². The van der Waals surface area contributed by atoms with E-state index >= 15 is 0 Å². The Hall–Kier alpha value is -2.95. The van der Waals surface area contributed by atoms with Gasteiger partial charge in [-0.15, -0.1) is 0 Å². The lowest BCUT2D eigenvalue weighted by Gasteiger charge is -2.12. The Balaban J connectivity index is 1.81. The van der Waals surface area contributed by atoms with Crippen molar-refractivity contribution in [3.05, 3.63) is 70.8 Å². The zero-order valence-electron chi connectivity index (χ0n) is 14.3. The molecule has 0 saturated carbocycles. The molecule has 1 amide bonds. The van der Waals surface area contributed by atoms with Crippen molar-refractivity contribution in [2.75, 3.05) is 5.32 Å². The molecule has 0 saturated heterocycles. The number of aromatic nitrogens is 3. The molecule has 2 heterocycles. The first-order chi connectivity index (χ1) is 11.4. The number of nitrogens with zero attached hydrogens (tertiary/aromatic N) is 3. The second-order valence-electron chi connectivity index (χ2n) is 6.00. The van der Waals surface area contributed by atoms with Crippen LogP contribution in [0, 0.1) is 27.7 Å². The SMILES string of the molecule is Cc1cnn(-c2ccc(C(=O)Nc3c(C)cc(C)nc3C)cc2)c1. The first kappa shape index (κ1) is 15.9. The summed E-state index contributed by atoms with van der Waals surface area (Å²) in [7, 11) is 0. The standard InChI is InChI=1S/C19H20N4O/c1-12-10-20-23(11-12)17-7-5-16(6-8-17)19(24)22-18-13(2)9-14(3)21-15(18)4/h5-11H,1-4H3,(H,22,24). The van der Waals surface area contributed by atoms with Crippen LogP contribution in [0.25, 0.3) is 5.69 Å². The quantitative estimate of drug-likeness (QED) is 0.799. The van der Waals surface area contributed by atoms with Crippen molar-refractivity contribution in [2.45, 2.75) is 27.7 Å². The average Bonchev–Trinajstić information content (AvgIpc) is 2.97. The molecule has 5 nitrogen and oxygen atoms in total. The van der Waals surface area contributed by atoms with Gasteiger partial charge in [-0.25, -0.2) is 4.68 Å². The fraction of sp³-hybridized carbons (Fsp3) is 0.211. The van der Waals surface area contributed by atoms with Gasteiger partial charge >= 0.3 is 0 Å². The van der Waals surface area contributed by atoms with Gasteiger partial charge in [-0.05, 0) is 69.2 Å². The van der Waals surface area contributed by atoms with Gasteiger partial charge in [0.2, 0.25) is 0 Å². The maximum atomic E-state index is 12.5. The Kier molecular flexibility index (Phi) is 4.16. The van der Waals surface area contributed by atoms with E-state index < -0.39 is 0 Å². The molecule has 24 heavy (non-hydrogen) atoms. The van der Waals surface area contributed by atoms with Crippen molar-refractivity contribution < 1.29 is 4.79 Å². The second-order valence-corrected chi connectivity index (χ2v) is 6.00. The molecule has 0 bridgehead atoms. The van der Waals surface area contributed by atoms with Crippen LogP contribution in [0.4, 0.5) is 5.69 Å². The van der Waals surface area contributed by atoms with Crippen LogP contribution in [0.2, 0.25) is 0 Å². The lowest BCUT2D eigenvalue weighted by Crippen LogP contribution is -2.14. The predicted octanol–water partition coefficient (Wildman–Crippen LogP) is 3.75. The van der Waals surface area contributed by atoms with Gasteiger partial charge in [0.1, 0.15) is 0 Å². The molecule has 122 valence electrons. The molecular weight excluding hydrogens is 300 g/mol. The number of hydrogen-bond donors (Lipinski definition) is 1. The normalized spacial score (nSPS) is 10.7. The van der Waals surface area contributed by atoms with E-state index in [-0.39, 0.29) is 5.91 Å².